The van der Waals surface area contributed by atoms with Crippen molar-refractivity contribution in [3.05, 3.63) is 119 Å². The molecule has 64 heavy (non-hydrogen) atoms. The summed E-state index contributed by atoms with van der Waals surface area (Å²) in [6, 6.07) is 21.0. The number of carboxylic acids is 5. The number of ether oxygens (including phenoxy) is 4. The van der Waals surface area contributed by atoms with E-state index in [0.29, 0.717) is 45.3 Å². The molecule has 17 nitrogen and oxygen atoms in total. The Hall–Kier alpha value is -5.40. The number of methoxy groups -OCH3 is 4. The molecule has 0 heterocycles. The Morgan fingerprint density at radius 1 is 0.406 bits per heavy atom. The van der Waals surface area contributed by atoms with Crippen LogP contribution in [0.1, 0.15) is 22.3 Å². The molecular formula is C46H55N3O14Tb. The van der Waals surface area contributed by atoms with Gasteiger partial charge in [0.25, 0.3) is 0 Å². The molecule has 0 saturated carbocycles. The van der Waals surface area contributed by atoms with Crippen LogP contribution in [0.3, 0.4) is 0 Å². The van der Waals surface area contributed by atoms with Crippen molar-refractivity contribution in [3.63, 3.8) is 0 Å². The van der Waals surface area contributed by atoms with Gasteiger partial charge >= 0.3 is 29.8 Å². The zero-order valence-electron chi connectivity index (χ0n) is 36.0. The Kier molecular flexibility index (Phi) is 21.8. The molecule has 0 aromatic heterocycles. The van der Waals surface area contributed by atoms with E-state index in [-0.39, 0.29) is 90.5 Å². The van der Waals surface area contributed by atoms with Crippen molar-refractivity contribution in [3.8, 4) is 23.0 Å². The van der Waals surface area contributed by atoms with Crippen molar-refractivity contribution >= 4 is 29.8 Å². The predicted octanol–water partition coefficient (Wildman–Crippen LogP) is 3.80. The third-order valence-electron chi connectivity index (χ3n) is 10.8. The Bertz CT molecular complexity index is 1830. The second-order valence-electron chi connectivity index (χ2n) is 14.8. The Labute approximate surface area is 402 Å². The number of rotatable bonds is 28. The first-order chi connectivity index (χ1) is 30.1. The fourth-order valence-electron chi connectivity index (χ4n) is 7.36. The van der Waals surface area contributed by atoms with Crippen LogP contribution in [0.15, 0.2) is 97.1 Å². The standard InChI is InChI=1S/C46H55N3O14.Tb/c1-60-34-13-5-30(6-14-34)25-38(43(52)53)48(39(44(54)55)26-31-7-15-35(61-2)16-8-31)23-21-47(29-42(50)51)22-24-49(40(45(56)57)27-32-9-17-36(62-3)18-10-32)41(46(58)59)28-33-11-19-37(63-4)20-12-33;/h5-20,38-41H,21-29H2,1-4H3,(H,50,51)(H,52,53)(H,54,55)(H,56,57)(H,58,59);. The van der Waals surface area contributed by atoms with Crippen molar-refractivity contribution in [2.24, 2.45) is 0 Å². The third kappa shape index (κ3) is 16.0. The molecule has 0 amide bonds. The maximum Gasteiger partial charge on any atom is 0.321 e. The van der Waals surface area contributed by atoms with Crippen LogP contribution >= 0.6 is 0 Å². The first-order valence-corrected chi connectivity index (χ1v) is 20.0. The Morgan fingerprint density at radius 2 is 0.625 bits per heavy atom. The van der Waals surface area contributed by atoms with Gasteiger partial charge in [-0.2, -0.15) is 0 Å². The second kappa shape index (κ2) is 26.4. The largest absolute Gasteiger partial charge is 0.497 e. The molecule has 0 bridgehead atoms. The number of nitrogens with zero attached hydrogens (tertiary/aromatic N) is 3. The van der Waals surface area contributed by atoms with E-state index in [9.17, 15) is 49.5 Å². The molecule has 4 rings (SSSR count). The number of carbonyl (C=O) groups is 5. The van der Waals surface area contributed by atoms with Crippen LogP contribution in [0.4, 0.5) is 0 Å². The summed E-state index contributed by atoms with van der Waals surface area (Å²) >= 11 is 0. The Morgan fingerprint density at radius 3 is 0.797 bits per heavy atom. The minimum atomic E-state index is -1.40. The fourth-order valence-corrected chi connectivity index (χ4v) is 7.36. The smallest absolute Gasteiger partial charge is 0.321 e. The van der Waals surface area contributed by atoms with Crippen molar-refractivity contribution in [1.29, 1.82) is 0 Å². The van der Waals surface area contributed by atoms with E-state index in [1.807, 2.05) is 0 Å². The molecule has 0 aliphatic rings. The van der Waals surface area contributed by atoms with Gasteiger partial charge in [-0.1, -0.05) is 48.5 Å². The average Bonchev–Trinajstić information content (AvgIpc) is 3.27. The molecule has 0 aliphatic carbocycles. The molecule has 0 spiro atoms. The van der Waals surface area contributed by atoms with Gasteiger partial charge in [0.2, 0.25) is 0 Å². The molecule has 4 aromatic carbocycles. The topological polar surface area (TPSA) is 233 Å². The molecule has 4 unspecified atom stereocenters. The van der Waals surface area contributed by atoms with Gasteiger partial charge in [0.15, 0.2) is 0 Å². The van der Waals surface area contributed by atoms with E-state index in [1.54, 1.807) is 97.1 Å². The zero-order chi connectivity index (χ0) is 46.1. The first kappa shape index (κ1) is 52.9. The van der Waals surface area contributed by atoms with Crippen LogP contribution in [-0.4, -0.2) is 155 Å². The summed E-state index contributed by atoms with van der Waals surface area (Å²) in [6.07, 6.45) is -0.461. The molecule has 0 saturated heterocycles. The van der Waals surface area contributed by atoms with E-state index < -0.39 is 60.6 Å². The van der Waals surface area contributed by atoms with Crippen LogP contribution in [0.2, 0.25) is 0 Å². The van der Waals surface area contributed by atoms with Gasteiger partial charge in [-0.25, -0.2) is 0 Å². The molecule has 4 atom stereocenters. The number of hydrogen-bond donors (Lipinski definition) is 5. The molecule has 347 valence electrons. The van der Waals surface area contributed by atoms with Crippen molar-refractivity contribution < 1.29 is 107 Å². The van der Waals surface area contributed by atoms with E-state index in [0.717, 1.165) is 0 Å². The molecule has 5 N–H and O–H groups in total. The van der Waals surface area contributed by atoms with Crippen molar-refractivity contribution in [2.45, 2.75) is 49.9 Å². The number of hydrogen-bond acceptors (Lipinski definition) is 12. The predicted molar refractivity (Wildman–Crippen MR) is 230 cm³/mol. The summed E-state index contributed by atoms with van der Waals surface area (Å²) in [7, 11) is 5.95. The average molecular weight is 1030 g/mol. The molecule has 0 fully saturated rings. The maximum absolute atomic E-state index is 13.1. The van der Waals surface area contributed by atoms with E-state index in [4.69, 9.17) is 18.9 Å². The van der Waals surface area contributed by atoms with Gasteiger partial charge in [-0.05, 0) is 96.5 Å². The minimum Gasteiger partial charge on any atom is -0.497 e. The van der Waals surface area contributed by atoms with Gasteiger partial charge in [-0.15, -0.1) is 0 Å². The zero-order valence-corrected chi connectivity index (χ0v) is 38.1. The van der Waals surface area contributed by atoms with Crippen LogP contribution in [0.25, 0.3) is 0 Å². The first-order valence-electron chi connectivity index (χ1n) is 20.0. The second-order valence-corrected chi connectivity index (χ2v) is 14.8. The summed E-state index contributed by atoms with van der Waals surface area (Å²) < 4.78 is 21.0. The molecule has 1 radical (unpaired) electrons. The van der Waals surface area contributed by atoms with E-state index in [1.165, 1.54) is 43.1 Å². The van der Waals surface area contributed by atoms with Crippen molar-refractivity contribution in [1.82, 2.24) is 14.7 Å². The van der Waals surface area contributed by atoms with Crippen LogP contribution in [-0.2, 0) is 49.7 Å². The third-order valence-corrected chi connectivity index (χ3v) is 10.8. The molecule has 4 aromatic rings. The fraction of sp³-hybridized carbons (Fsp3) is 0.370. The van der Waals surface area contributed by atoms with Gasteiger partial charge in [0, 0.05) is 64.8 Å². The van der Waals surface area contributed by atoms with Crippen LogP contribution in [0.5, 0.6) is 23.0 Å². The van der Waals surface area contributed by atoms with Crippen LogP contribution < -0.4 is 18.9 Å². The molecule has 0 aliphatic heterocycles. The van der Waals surface area contributed by atoms with Gasteiger partial charge in [0.05, 0.1) is 35.0 Å². The normalized spacial score (nSPS) is 13.0. The van der Waals surface area contributed by atoms with Crippen molar-refractivity contribution in [2.75, 3.05) is 61.2 Å². The summed E-state index contributed by atoms with van der Waals surface area (Å²) in [5.41, 5.74) is 2.31. The number of carboxylic acid groups (broad SMARTS) is 5. The summed E-state index contributed by atoms with van der Waals surface area (Å²) in [6.45, 7) is -1.50. The summed E-state index contributed by atoms with van der Waals surface area (Å²) in [5, 5.41) is 52.7. The quantitative estimate of drug-likeness (QED) is 0.0545. The van der Waals surface area contributed by atoms with E-state index >= 15 is 0 Å². The monoisotopic (exact) mass is 1030 g/mol. The summed E-state index contributed by atoms with van der Waals surface area (Å²) in [5.74, 6) is -4.38. The number of aliphatic carboxylic acids is 5. The maximum atomic E-state index is 13.1. The van der Waals surface area contributed by atoms with Gasteiger partial charge < -0.3 is 44.5 Å². The number of benzene rings is 4. The SMILES string of the molecule is COc1ccc(CC(C(=O)O)N(CCN(CCN(C(Cc2ccc(OC)cc2)C(=O)O)C(Cc2ccc(OC)cc2)C(=O)O)CC(=O)O)C(Cc2ccc(OC)cc2)C(=O)O)cc1.[Tb]. The molecule has 18 heteroatoms. The van der Waals surface area contributed by atoms with Gasteiger partial charge in [0.1, 0.15) is 47.2 Å². The van der Waals surface area contributed by atoms with Crippen LogP contribution in [0, 0.1) is 38.6 Å². The molecular weight excluding hydrogens is 977 g/mol. The summed E-state index contributed by atoms with van der Waals surface area (Å²) in [4.78, 5) is 68.8. The van der Waals surface area contributed by atoms with E-state index in [2.05, 4.69) is 0 Å². The minimum absolute atomic E-state index is 0. The van der Waals surface area contributed by atoms with Gasteiger partial charge in [-0.3, -0.25) is 38.7 Å². The Balaban J connectivity index is 0.0000109.